The minimum absolute atomic E-state index is 0.0426. The first-order chi connectivity index (χ1) is 10.7. The average molecular weight is 306 g/mol. The van der Waals surface area contributed by atoms with Crippen LogP contribution in [-0.4, -0.2) is 49.8 Å². The molecule has 2 rings (SSSR count). The van der Waals surface area contributed by atoms with Crippen LogP contribution in [0.5, 0.6) is 5.75 Å². The quantitative estimate of drug-likeness (QED) is 0.779. The molecule has 0 unspecified atom stereocenters. The van der Waals surface area contributed by atoms with Gasteiger partial charge in [0.15, 0.2) is 6.61 Å². The molecule has 22 heavy (non-hydrogen) atoms. The molecule has 5 heteroatoms. The molecule has 1 saturated heterocycles. The van der Waals surface area contributed by atoms with Crippen molar-refractivity contribution in [1.29, 1.82) is 0 Å². The molecule has 0 spiro atoms. The molecule has 1 aliphatic rings. The van der Waals surface area contributed by atoms with Crippen molar-refractivity contribution in [1.82, 2.24) is 4.90 Å². The van der Waals surface area contributed by atoms with Gasteiger partial charge in [-0.1, -0.05) is 17.7 Å². The first-order valence-electron chi connectivity index (χ1n) is 7.98. The molecule has 1 heterocycles. The number of amides is 1. The zero-order valence-electron chi connectivity index (χ0n) is 13.3. The van der Waals surface area contributed by atoms with Gasteiger partial charge in [0, 0.05) is 19.7 Å². The van der Waals surface area contributed by atoms with Crippen molar-refractivity contribution >= 4 is 5.91 Å². The molecule has 2 N–H and O–H groups in total. The number of carbonyl (C=O) groups is 1. The SMILES string of the molecule is Cc1ccc(OCC(=O)N2CCC(OCCCN)CC2)cc1. The maximum Gasteiger partial charge on any atom is 0.260 e. The van der Waals surface area contributed by atoms with Gasteiger partial charge >= 0.3 is 0 Å². The molecule has 122 valence electrons. The zero-order valence-corrected chi connectivity index (χ0v) is 13.3. The monoisotopic (exact) mass is 306 g/mol. The number of ether oxygens (including phenoxy) is 2. The third-order valence-corrected chi connectivity index (χ3v) is 3.88. The van der Waals surface area contributed by atoms with Gasteiger partial charge in [-0.05, 0) is 44.9 Å². The average Bonchev–Trinajstić information content (AvgIpc) is 2.55. The summed E-state index contributed by atoms with van der Waals surface area (Å²) in [7, 11) is 0. The Morgan fingerprint density at radius 2 is 1.95 bits per heavy atom. The fourth-order valence-electron chi connectivity index (χ4n) is 2.48. The minimum Gasteiger partial charge on any atom is -0.484 e. The van der Waals surface area contributed by atoms with E-state index in [0.29, 0.717) is 13.2 Å². The number of carbonyl (C=O) groups excluding carboxylic acids is 1. The van der Waals surface area contributed by atoms with Crippen molar-refractivity contribution in [2.75, 3.05) is 32.8 Å². The molecule has 0 radical (unpaired) electrons. The highest BCUT2D eigenvalue weighted by Crippen LogP contribution is 2.15. The topological polar surface area (TPSA) is 64.8 Å². The number of rotatable bonds is 7. The molecule has 5 nitrogen and oxygen atoms in total. The predicted molar refractivity (Wildman–Crippen MR) is 85.9 cm³/mol. The predicted octanol–water partition coefficient (Wildman–Crippen LogP) is 1.73. The molecular weight excluding hydrogens is 280 g/mol. The lowest BCUT2D eigenvalue weighted by Gasteiger charge is -2.31. The summed E-state index contributed by atoms with van der Waals surface area (Å²) in [5, 5.41) is 0. The van der Waals surface area contributed by atoms with Crippen molar-refractivity contribution < 1.29 is 14.3 Å². The highest BCUT2D eigenvalue weighted by molar-refractivity contribution is 5.77. The van der Waals surface area contributed by atoms with Crippen molar-refractivity contribution in [2.45, 2.75) is 32.3 Å². The van der Waals surface area contributed by atoms with Gasteiger partial charge in [-0.2, -0.15) is 0 Å². The Hall–Kier alpha value is -1.59. The second-order valence-electron chi connectivity index (χ2n) is 5.69. The second-order valence-corrected chi connectivity index (χ2v) is 5.69. The minimum atomic E-state index is 0.0426. The number of hydrogen-bond acceptors (Lipinski definition) is 4. The van der Waals surface area contributed by atoms with E-state index in [1.807, 2.05) is 36.1 Å². The number of aryl methyl sites for hydroxylation is 1. The van der Waals surface area contributed by atoms with Gasteiger partial charge in [-0.25, -0.2) is 0 Å². The van der Waals surface area contributed by atoms with Crippen LogP contribution >= 0.6 is 0 Å². The Kier molecular flexibility index (Phi) is 6.68. The highest BCUT2D eigenvalue weighted by Gasteiger charge is 2.23. The fraction of sp³-hybridized carbons (Fsp3) is 0.588. The molecule has 0 aromatic heterocycles. The number of benzene rings is 1. The van der Waals surface area contributed by atoms with E-state index < -0.39 is 0 Å². The summed E-state index contributed by atoms with van der Waals surface area (Å²) in [4.78, 5) is 14.0. The Bertz CT molecular complexity index is 453. The van der Waals surface area contributed by atoms with E-state index in [4.69, 9.17) is 15.2 Å². The summed E-state index contributed by atoms with van der Waals surface area (Å²) in [6.45, 7) is 4.97. The number of piperidine rings is 1. The lowest BCUT2D eigenvalue weighted by molar-refractivity contribution is -0.136. The Morgan fingerprint density at radius 3 is 2.59 bits per heavy atom. The van der Waals surface area contributed by atoms with Crippen LogP contribution in [0.15, 0.2) is 24.3 Å². The normalized spacial score (nSPS) is 15.8. The van der Waals surface area contributed by atoms with E-state index in [-0.39, 0.29) is 18.6 Å². The molecule has 0 aliphatic carbocycles. The molecular formula is C17H26N2O3. The molecule has 1 aromatic rings. The van der Waals surface area contributed by atoms with Gasteiger partial charge in [0.05, 0.1) is 6.10 Å². The van der Waals surface area contributed by atoms with Crippen LogP contribution < -0.4 is 10.5 Å². The summed E-state index contributed by atoms with van der Waals surface area (Å²) in [5.74, 6) is 0.778. The number of hydrogen-bond donors (Lipinski definition) is 1. The van der Waals surface area contributed by atoms with Crippen LogP contribution in [0.1, 0.15) is 24.8 Å². The molecule has 0 saturated carbocycles. The lowest BCUT2D eigenvalue weighted by atomic mass is 10.1. The maximum absolute atomic E-state index is 12.1. The first kappa shape index (κ1) is 16.8. The molecule has 1 fully saturated rings. The molecule has 0 atom stereocenters. The maximum atomic E-state index is 12.1. The van der Waals surface area contributed by atoms with Crippen LogP contribution in [-0.2, 0) is 9.53 Å². The van der Waals surface area contributed by atoms with Crippen LogP contribution in [0.2, 0.25) is 0 Å². The number of likely N-dealkylation sites (tertiary alicyclic amines) is 1. The third-order valence-electron chi connectivity index (χ3n) is 3.88. The number of nitrogens with two attached hydrogens (primary N) is 1. The fourth-order valence-corrected chi connectivity index (χ4v) is 2.48. The van der Waals surface area contributed by atoms with Crippen molar-refractivity contribution in [3.05, 3.63) is 29.8 Å². The Labute approximate surface area is 132 Å². The van der Waals surface area contributed by atoms with E-state index in [9.17, 15) is 4.79 Å². The summed E-state index contributed by atoms with van der Waals surface area (Å²) >= 11 is 0. The summed E-state index contributed by atoms with van der Waals surface area (Å²) in [5.41, 5.74) is 6.62. The highest BCUT2D eigenvalue weighted by atomic mass is 16.5. The second kappa shape index (κ2) is 8.76. The van der Waals surface area contributed by atoms with Crippen LogP contribution in [0.25, 0.3) is 0 Å². The van der Waals surface area contributed by atoms with Gasteiger partial charge < -0.3 is 20.1 Å². The van der Waals surface area contributed by atoms with Crippen LogP contribution in [0.3, 0.4) is 0 Å². The largest absolute Gasteiger partial charge is 0.484 e. The van der Waals surface area contributed by atoms with E-state index in [0.717, 1.165) is 38.1 Å². The van der Waals surface area contributed by atoms with Gasteiger partial charge in [0.2, 0.25) is 0 Å². The van der Waals surface area contributed by atoms with Gasteiger partial charge in [0.1, 0.15) is 5.75 Å². The van der Waals surface area contributed by atoms with E-state index in [1.54, 1.807) is 0 Å². The van der Waals surface area contributed by atoms with Crippen LogP contribution in [0, 0.1) is 6.92 Å². The molecule has 1 amide bonds. The van der Waals surface area contributed by atoms with Crippen LogP contribution in [0.4, 0.5) is 0 Å². The van der Waals surface area contributed by atoms with Crippen molar-refractivity contribution in [3.8, 4) is 5.75 Å². The summed E-state index contributed by atoms with van der Waals surface area (Å²) in [6, 6.07) is 7.73. The van der Waals surface area contributed by atoms with Crippen molar-refractivity contribution in [3.63, 3.8) is 0 Å². The zero-order chi connectivity index (χ0) is 15.8. The molecule has 0 bridgehead atoms. The molecule has 1 aromatic carbocycles. The standard InChI is InChI=1S/C17H26N2O3/c1-14-3-5-15(6-4-14)22-13-17(20)19-10-7-16(8-11-19)21-12-2-9-18/h3-6,16H,2,7-13,18H2,1H3. The lowest BCUT2D eigenvalue weighted by Crippen LogP contribution is -2.43. The smallest absolute Gasteiger partial charge is 0.260 e. The van der Waals surface area contributed by atoms with Gasteiger partial charge in [0.25, 0.3) is 5.91 Å². The first-order valence-corrected chi connectivity index (χ1v) is 7.98. The van der Waals surface area contributed by atoms with Gasteiger partial charge in [-0.15, -0.1) is 0 Å². The van der Waals surface area contributed by atoms with E-state index >= 15 is 0 Å². The van der Waals surface area contributed by atoms with Crippen molar-refractivity contribution in [2.24, 2.45) is 5.73 Å². The Morgan fingerprint density at radius 1 is 1.27 bits per heavy atom. The van der Waals surface area contributed by atoms with E-state index in [2.05, 4.69) is 0 Å². The van der Waals surface area contributed by atoms with E-state index in [1.165, 1.54) is 5.56 Å². The van der Waals surface area contributed by atoms with Gasteiger partial charge in [-0.3, -0.25) is 4.79 Å². The number of nitrogens with zero attached hydrogens (tertiary/aromatic N) is 1. The Balaban J connectivity index is 1.67. The third kappa shape index (κ3) is 5.31. The summed E-state index contributed by atoms with van der Waals surface area (Å²) < 4.78 is 11.3. The summed E-state index contributed by atoms with van der Waals surface area (Å²) in [6.07, 6.45) is 2.93. The molecule has 1 aliphatic heterocycles.